The van der Waals surface area contributed by atoms with Crippen LogP contribution in [0.5, 0.6) is 0 Å². The maximum Gasteiger partial charge on any atom is 0.246 e. The topological polar surface area (TPSA) is 87.4 Å². The molecule has 1 amide bonds. The highest BCUT2D eigenvalue weighted by Gasteiger charge is 2.21. The molecule has 1 aromatic heterocycles. The Morgan fingerprint density at radius 2 is 2.11 bits per heavy atom. The molecule has 0 unspecified atom stereocenters. The molecular formula is C18H26IN7O. The molecule has 2 N–H and O–H groups in total. The van der Waals surface area contributed by atoms with Crippen LogP contribution < -0.4 is 15.5 Å². The average Bonchev–Trinajstić information content (AvgIpc) is 3.08. The summed E-state index contributed by atoms with van der Waals surface area (Å²) < 4.78 is 1.68. The van der Waals surface area contributed by atoms with Crippen LogP contribution in [0.25, 0.3) is 0 Å². The first-order chi connectivity index (χ1) is 12.7. The SMILES string of the molecule is CCNC(=NCc1ncnn1C)NCC(=O)N1CCCc2ccccc21.I. The highest BCUT2D eigenvalue weighted by Crippen LogP contribution is 2.26. The van der Waals surface area contributed by atoms with Crippen LogP contribution in [0, 0.1) is 0 Å². The molecule has 0 bridgehead atoms. The maximum atomic E-state index is 12.7. The van der Waals surface area contributed by atoms with E-state index in [1.165, 1.54) is 11.9 Å². The number of para-hydroxylation sites is 1. The summed E-state index contributed by atoms with van der Waals surface area (Å²) in [5.74, 6) is 1.40. The van der Waals surface area contributed by atoms with Gasteiger partial charge < -0.3 is 15.5 Å². The van der Waals surface area contributed by atoms with Crippen LogP contribution in [0.3, 0.4) is 0 Å². The average molecular weight is 483 g/mol. The fourth-order valence-corrected chi connectivity index (χ4v) is 3.00. The molecule has 0 saturated heterocycles. The van der Waals surface area contributed by atoms with E-state index in [9.17, 15) is 4.79 Å². The van der Waals surface area contributed by atoms with Crippen molar-refractivity contribution in [2.24, 2.45) is 12.0 Å². The normalized spacial score (nSPS) is 13.6. The number of anilines is 1. The van der Waals surface area contributed by atoms with Crippen LogP contribution in [-0.4, -0.2) is 46.3 Å². The van der Waals surface area contributed by atoms with E-state index in [0.717, 1.165) is 30.9 Å². The van der Waals surface area contributed by atoms with Crippen molar-refractivity contribution in [2.75, 3.05) is 24.5 Å². The van der Waals surface area contributed by atoms with Crippen LogP contribution in [-0.2, 0) is 24.8 Å². The van der Waals surface area contributed by atoms with Gasteiger partial charge in [-0.15, -0.1) is 24.0 Å². The maximum absolute atomic E-state index is 12.7. The summed E-state index contributed by atoms with van der Waals surface area (Å²) in [6, 6.07) is 8.10. The molecule has 0 saturated carbocycles. The third kappa shape index (κ3) is 5.41. The van der Waals surface area contributed by atoms with Gasteiger partial charge in [0.15, 0.2) is 5.96 Å². The lowest BCUT2D eigenvalue weighted by Gasteiger charge is -2.29. The first-order valence-electron chi connectivity index (χ1n) is 8.92. The van der Waals surface area contributed by atoms with E-state index in [4.69, 9.17) is 0 Å². The predicted octanol–water partition coefficient (Wildman–Crippen LogP) is 1.47. The van der Waals surface area contributed by atoms with Crippen molar-refractivity contribution in [3.63, 3.8) is 0 Å². The summed E-state index contributed by atoms with van der Waals surface area (Å²) in [7, 11) is 1.83. The number of benzene rings is 1. The number of halogens is 1. The summed E-state index contributed by atoms with van der Waals surface area (Å²) in [6.07, 6.45) is 3.51. The van der Waals surface area contributed by atoms with Crippen molar-refractivity contribution in [3.05, 3.63) is 42.0 Å². The minimum absolute atomic E-state index is 0. The number of nitrogens with one attached hydrogen (secondary N) is 2. The van der Waals surface area contributed by atoms with Gasteiger partial charge in [0.05, 0.1) is 6.54 Å². The van der Waals surface area contributed by atoms with Gasteiger partial charge in [-0.2, -0.15) is 5.10 Å². The number of nitrogens with zero attached hydrogens (tertiary/aromatic N) is 5. The summed E-state index contributed by atoms with van der Waals surface area (Å²) in [6.45, 7) is 4.04. The Morgan fingerprint density at radius 3 is 2.85 bits per heavy atom. The zero-order chi connectivity index (χ0) is 18.4. The second-order valence-electron chi connectivity index (χ2n) is 6.13. The van der Waals surface area contributed by atoms with Crippen LogP contribution >= 0.6 is 24.0 Å². The van der Waals surface area contributed by atoms with Crippen molar-refractivity contribution < 1.29 is 4.79 Å². The summed E-state index contributed by atoms with van der Waals surface area (Å²) in [5, 5.41) is 10.3. The molecular weight excluding hydrogens is 457 g/mol. The Kier molecular flexibility index (Phi) is 8.01. The summed E-state index contributed by atoms with van der Waals surface area (Å²) >= 11 is 0. The number of carbonyl (C=O) groups excluding carboxylic acids is 1. The number of fused-ring (bicyclic) bond motifs is 1. The van der Waals surface area contributed by atoms with E-state index >= 15 is 0 Å². The number of rotatable bonds is 5. The van der Waals surface area contributed by atoms with E-state index in [-0.39, 0.29) is 36.4 Å². The third-order valence-corrected chi connectivity index (χ3v) is 4.35. The fourth-order valence-electron chi connectivity index (χ4n) is 3.00. The van der Waals surface area contributed by atoms with E-state index < -0.39 is 0 Å². The zero-order valence-corrected chi connectivity index (χ0v) is 18.0. The van der Waals surface area contributed by atoms with E-state index in [1.54, 1.807) is 4.68 Å². The van der Waals surface area contributed by atoms with Crippen LogP contribution in [0.15, 0.2) is 35.6 Å². The Labute approximate surface area is 176 Å². The number of carbonyl (C=O) groups is 1. The number of aromatic nitrogens is 3. The minimum atomic E-state index is 0. The first-order valence-corrected chi connectivity index (χ1v) is 8.92. The number of amides is 1. The largest absolute Gasteiger partial charge is 0.357 e. The van der Waals surface area contributed by atoms with Gasteiger partial charge in [0.2, 0.25) is 5.91 Å². The summed E-state index contributed by atoms with van der Waals surface area (Å²) in [4.78, 5) is 23.2. The standard InChI is InChI=1S/C18H25N7O.HI/c1-3-19-18(20-11-16-22-13-23-24(16)2)21-12-17(26)25-10-6-8-14-7-4-5-9-15(14)25;/h4-5,7,9,13H,3,6,8,10-12H2,1-2H3,(H2,19,20,21);1H. The molecule has 2 heterocycles. The number of aryl methyl sites for hydroxylation is 2. The zero-order valence-electron chi connectivity index (χ0n) is 15.7. The number of aliphatic imine (C=N–C) groups is 1. The molecule has 146 valence electrons. The Hall–Kier alpha value is -2.17. The molecule has 2 aromatic rings. The van der Waals surface area contributed by atoms with Gasteiger partial charge in [0.25, 0.3) is 0 Å². The van der Waals surface area contributed by atoms with Gasteiger partial charge in [-0.1, -0.05) is 18.2 Å². The lowest BCUT2D eigenvalue weighted by molar-refractivity contribution is -0.117. The Balaban J connectivity index is 0.00000261. The smallest absolute Gasteiger partial charge is 0.246 e. The number of hydrogen-bond donors (Lipinski definition) is 2. The molecule has 1 aliphatic rings. The minimum Gasteiger partial charge on any atom is -0.357 e. The van der Waals surface area contributed by atoms with Crippen LogP contribution in [0.2, 0.25) is 0 Å². The molecule has 0 radical (unpaired) electrons. The Morgan fingerprint density at radius 1 is 1.30 bits per heavy atom. The molecule has 0 aliphatic carbocycles. The van der Waals surface area contributed by atoms with E-state index in [1.807, 2.05) is 37.1 Å². The van der Waals surface area contributed by atoms with Crippen molar-refractivity contribution in [3.8, 4) is 0 Å². The lowest BCUT2D eigenvalue weighted by Crippen LogP contribution is -2.46. The number of guanidine groups is 1. The monoisotopic (exact) mass is 483 g/mol. The molecule has 8 nitrogen and oxygen atoms in total. The molecule has 0 atom stereocenters. The second kappa shape index (κ2) is 10.2. The molecule has 0 fully saturated rings. The molecule has 3 rings (SSSR count). The molecule has 1 aromatic carbocycles. The van der Waals surface area contributed by atoms with Gasteiger partial charge in [-0.25, -0.2) is 9.98 Å². The van der Waals surface area contributed by atoms with Gasteiger partial charge in [0, 0.05) is 25.8 Å². The highest BCUT2D eigenvalue weighted by molar-refractivity contribution is 14.0. The van der Waals surface area contributed by atoms with Crippen molar-refractivity contribution in [1.82, 2.24) is 25.4 Å². The molecule has 9 heteroatoms. The Bertz CT molecular complexity index is 790. The van der Waals surface area contributed by atoms with E-state index in [0.29, 0.717) is 19.0 Å². The fraction of sp³-hybridized carbons (Fsp3) is 0.444. The van der Waals surface area contributed by atoms with Crippen LogP contribution in [0.1, 0.15) is 24.7 Å². The lowest BCUT2D eigenvalue weighted by atomic mass is 10.0. The predicted molar refractivity (Wildman–Crippen MR) is 116 cm³/mol. The molecule has 27 heavy (non-hydrogen) atoms. The quantitative estimate of drug-likeness (QED) is 0.382. The van der Waals surface area contributed by atoms with Gasteiger partial charge >= 0.3 is 0 Å². The molecule has 0 spiro atoms. The van der Waals surface area contributed by atoms with E-state index in [2.05, 4.69) is 31.8 Å². The van der Waals surface area contributed by atoms with Gasteiger partial charge in [-0.3, -0.25) is 9.48 Å². The molecule has 1 aliphatic heterocycles. The van der Waals surface area contributed by atoms with Crippen molar-refractivity contribution in [2.45, 2.75) is 26.3 Å². The third-order valence-electron chi connectivity index (χ3n) is 4.35. The summed E-state index contributed by atoms with van der Waals surface area (Å²) in [5.41, 5.74) is 2.25. The van der Waals surface area contributed by atoms with Crippen LogP contribution in [0.4, 0.5) is 5.69 Å². The van der Waals surface area contributed by atoms with Crippen molar-refractivity contribution >= 4 is 41.5 Å². The highest BCUT2D eigenvalue weighted by atomic mass is 127. The first kappa shape index (κ1) is 21.1. The van der Waals surface area contributed by atoms with Gasteiger partial charge in [0.1, 0.15) is 18.7 Å². The second-order valence-corrected chi connectivity index (χ2v) is 6.13. The van der Waals surface area contributed by atoms with Gasteiger partial charge in [-0.05, 0) is 31.4 Å². The number of hydrogen-bond acceptors (Lipinski definition) is 4. The van der Waals surface area contributed by atoms with Crippen molar-refractivity contribution in [1.29, 1.82) is 0 Å².